The highest BCUT2D eigenvalue weighted by molar-refractivity contribution is 5.71. The third kappa shape index (κ3) is 50.9. The molecule has 65 heavy (non-hydrogen) atoms. The van der Waals surface area contributed by atoms with Gasteiger partial charge in [-0.2, -0.15) is 0 Å². The Morgan fingerprint density at radius 3 is 0.985 bits per heavy atom. The van der Waals surface area contributed by atoms with Crippen molar-refractivity contribution >= 4 is 17.9 Å². The van der Waals surface area contributed by atoms with Gasteiger partial charge in [-0.05, 0) is 122 Å². The third-order valence-electron chi connectivity index (χ3n) is 10.7. The van der Waals surface area contributed by atoms with Crippen LogP contribution in [0.15, 0.2) is 109 Å². The monoisotopic (exact) mass is 901 g/mol. The molecule has 0 unspecified atom stereocenters. The molecule has 0 amide bonds. The zero-order valence-corrected chi connectivity index (χ0v) is 42.0. The molecule has 0 saturated carbocycles. The van der Waals surface area contributed by atoms with Crippen molar-refractivity contribution in [3.63, 3.8) is 0 Å². The van der Waals surface area contributed by atoms with Gasteiger partial charge >= 0.3 is 17.9 Å². The molecule has 0 aromatic carbocycles. The van der Waals surface area contributed by atoms with Crippen molar-refractivity contribution in [2.45, 2.75) is 232 Å². The fourth-order valence-corrected chi connectivity index (χ4v) is 6.77. The average molecular weight is 901 g/mol. The molecule has 0 saturated heterocycles. The highest BCUT2D eigenvalue weighted by Crippen LogP contribution is 2.12. The van der Waals surface area contributed by atoms with Gasteiger partial charge in [-0.1, -0.05) is 194 Å². The molecule has 0 fully saturated rings. The van der Waals surface area contributed by atoms with Crippen molar-refractivity contribution in [2.24, 2.45) is 0 Å². The van der Waals surface area contributed by atoms with Crippen LogP contribution in [0, 0.1) is 0 Å². The lowest BCUT2D eigenvalue weighted by Gasteiger charge is -2.18. The van der Waals surface area contributed by atoms with Gasteiger partial charge in [0.05, 0.1) is 0 Å². The summed E-state index contributed by atoms with van der Waals surface area (Å²) in [5.74, 6) is -1.01. The van der Waals surface area contributed by atoms with Crippen molar-refractivity contribution in [1.82, 2.24) is 0 Å². The second kappa shape index (κ2) is 52.7. The highest BCUT2D eigenvalue weighted by Gasteiger charge is 2.19. The molecular weight excluding hydrogens is 805 g/mol. The van der Waals surface area contributed by atoms with Gasteiger partial charge in [0.2, 0.25) is 0 Å². The standard InChI is InChI=1S/C59H96O6/c1-4-7-10-13-16-19-22-25-28-29-32-35-38-41-44-47-50-53-59(62)65-56(54-63-57(60)51-48-45-42-39-36-33-30-26-23-20-17-14-11-8-5-2)55-64-58(61)52-49-46-43-40-37-34-31-27-24-21-18-15-12-9-6-3/h8,11,16-21,25-28,30-32,35,41,44,56H,4-7,9-10,12-15,22-24,29,33-34,36-40,42-43,45-55H2,1-3H3/b11-8-,19-16-,20-17-,21-18-,28-25-,30-26-,31-27-,35-32-,44-41-/t56-/m1/s1. The average Bonchev–Trinajstić information content (AvgIpc) is 3.30. The Bertz CT molecular complexity index is 1360. The Hall–Kier alpha value is -3.93. The van der Waals surface area contributed by atoms with Gasteiger partial charge in [-0.3, -0.25) is 14.4 Å². The van der Waals surface area contributed by atoms with E-state index in [9.17, 15) is 14.4 Å². The molecule has 0 bridgehead atoms. The quantitative estimate of drug-likeness (QED) is 0.0262. The Morgan fingerprint density at radius 2 is 0.615 bits per heavy atom. The SMILES string of the molecule is CC/C=C\C/C=C\C/C=C\CCCCCCCC(=O)OC[C@H](COC(=O)CCCCCCC/C=C\C/C=C\CCCCC)OC(=O)CCC/C=C\C/C=C\C/C=C\C/C=C\CCCCC. The highest BCUT2D eigenvalue weighted by atomic mass is 16.6. The molecule has 6 nitrogen and oxygen atoms in total. The van der Waals surface area contributed by atoms with E-state index in [1.807, 2.05) is 0 Å². The van der Waals surface area contributed by atoms with Gasteiger partial charge < -0.3 is 14.2 Å². The normalized spacial score (nSPS) is 13.0. The number of carbonyl (C=O) groups excluding carboxylic acids is 3. The van der Waals surface area contributed by atoms with Gasteiger partial charge in [-0.25, -0.2) is 0 Å². The minimum absolute atomic E-state index is 0.115. The smallest absolute Gasteiger partial charge is 0.306 e. The van der Waals surface area contributed by atoms with E-state index in [1.54, 1.807) is 0 Å². The van der Waals surface area contributed by atoms with Crippen LogP contribution in [0.1, 0.15) is 226 Å². The summed E-state index contributed by atoms with van der Waals surface area (Å²) in [5, 5.41) is 0. The van der Waals surface area contributed by atoms with Crippen LogP contribution >= 0.6 is 0 Å². The Morgan fingerprint density at radius 1 is 0.323 bits per heavy atom. The summed E-state index contributed by atoms with van der Waals surface area (Å²) in [6.45, 7) is 6.39. The van der Waals surface area contributed by atoms with E-state index in [4.69, 9.17) is 14.2 Å². The first-order chi connectivity index (χ1) is 32.0. The molecule has 1 atom stereocenters. The second-order valence-corrected chi connectivity index (χ2v) is 17.0. The fourth-order valence-electron chi connectivity index (χ4n) is 6.77. The van der Waals surface area contributed by atoms with Gasteiger partial charge in [0.25, 0.3) is 0 Å². The molecule has 0 aliphatic carbocycles. The molecular formula is C59H96O6. The lowest BCUT2D eigenvalue weighted by molar-refractivity contribution is -0.167. The summed E-state index contributed by atoms with van der Waals surface area (Å²) in [7, 11) is 0. The molecule has 368 valence electrons. The molecule has 0 aliphatic heterocycles. The molecule has 0 rings (SSSR count). The van der Waals surface area contributed by atoms with Gasteiger partial charge in [0.15, 0.2) is 6.10 Å². The van der Waals surface area contributed by atoms with E-state index < -0.39 is 6.10 Å². The first kappa shape index (κ1) is 61.1. The topological polar surface area (TPSA) is 78.9 Å². The number of rotatable bonds is 46. The van der Waals surface area contributed by atoms with Gasteiger partial charge in [0.1, 0.15) is 13.2 Å². The summed E-state index contributed by atoms with van der Waals surface area (Å²) >= 11 is 0. The van der Waals surface area contributed by atoms with Crippen molar-refractivity contribution in [3.05, 3.63) is 109 Å². The molecule has 0 aromatic heterocycles. The maximum absolute atomic E-state index is 12.8. The van der Waals surface area contributed by atoms with Crippen LogP contribution in [0.3, 0.4) is 0 Å². The van der Waals surface area contributed by atoms with E-state index >= 15 is 0 Å². The number of carbonyl (C=O) groups is 3. The Balaban J connectivity index is 4.55. The number of ether oxygens (including phenoxy) is 3. The van der Waals surface area contributed by atoms with E-state index in [0.717, 1.165) is 128 Å². The Kier molecular flexibility index (Phi) is 49.5. The van der Waals surface area contributed by atoms with E-state index in [0.29, 0.717) is 19.3 Å². The number of hydrogen-bond donors (Lipinski definition) is 0. The minimum Gasteiger partial charge on any atom is -0.462 e. The molecule has 0 spiro atoms. The molecule has 6 heteroatoms. The molecule has 0 heterocycles. The third-order valence-corrected chi connectivity index (χ3v) is 10.7. The predicted octanol–water partition coefficient (Wildman–Crippen LogP) is 17.5. The summed E-state index contributed by atoms with van der Waals surface area (Å²) in [4.78, 5) is 38.0. The second-order valence-electron chi connectivity index (χ2n) is 17.0. The van der Waals surface area contributed by atoms with Crippen LogP contribution in [0.5, 0.6) is 0 Å². The molecule has 0 radical (unpaired) electrons. The minimum atomic E-state index is -0.821. The maximum atomic E-state index is 12.8. The fraction of sp³-hybridized carbons (Fsp3) is 0.644. The van der Waals surface area contributed by atoms with E-state index in [2.05, 4.69) is 130 Å². The van der Waals surface area contributed by atoms with Crippen molar-refractivity contribution in [2.75, 3.05) is 13.2 Å². The lowest BCUT2D eigenvalue weighted by Crippen LogP contribution is -2.30. The number of allylic oxidation sites excluding steroid dienone is 18. The zero-order valence-electron chi connectivity index (χ0n) is 42.0. The zero-order chi connectivity index (χ0) is 47.2. The summed E-state index contributed by atoms with van der Waals surface area (Å²) in [5.41, 5.74) is 0. The number of unbranched alkanes of at least 4 members (excludes halogenated alkanes) is 17. The van der Waals surface area contributed by atoms with Crippen molar-refractivity contribution in [3.8, 4) is 0 Å². The number of esters is 3. The largest absolute Gasteiger partial charge is 0.462 e. The molecule has 0 N–H and O–H groups in total. The summed E-state index contributed by atoms with van der Waals surface area (Å²) < 4.78 is 16.7. The summed E-state index contributed by atoms with van der Waals surface area (Å²) in [6, 6.07) is 0. The van der Waals surface area contributed by atoms with Crippen LogP contribution in [-0.2, 0) is 28.6 Å². The van der Waals surface area contributed by atoms with Crippen LogP contribution in [0.2, 0.25) is 0 Å². The van der Waals surface area contributed by atoms with Gasteiger partial charge in [-0.15, -0.1) is 0 Å². The van der Waals surface area contributed by atoms with Crippen LogP contribution in [0.4, 0.5) is 0 Å². The first-order valence-corrected chi connectivity index (χ1v) is 26.4. The predicted molar refractivity (Wildman–Crippen MR) is 279 cm³/mol. The summed E-state index contributed by atoms with van der Waals surface area (Å²) in [6.07, 6.45) is 70.7. The van der Waals surface area contributed by atoms with Gasteiger partial charge in [0, 0.05) is 19.3 Å². The molecule has 0 aromatic rings. The van der Waals surface area contributed by atoms with E-state index in [1.165, 1.54) is 51.4 Å². The van der Waals surface area contributed by atoms with E-state index in [-0.39, 0.29) is 37.5 Å². The van der Waals surface area contributed by atoms with Crippen LogP contribution in [0.25, 0.3) is 0 Å². The van der Waals surface area contributed by atoms with Crippen LogP contribution in [-0.4, -0.2) is 37.2 Å². The van der Waals surface area contributed by atoms with Crippen LogP contribution < -0.4 is 0 Å². The first-order valence-electron chi connectivity index (χ1n) is 26.4. The molecule has 0 aliphatic rings. The maximum Gasteiger partial charge on any atom is 0.306 e. The van der Waals surface area contributed by atoms with Crippen molar-refractivity contribution < 1.29 is 28.6 Å². The number of hydrogen-bond acceptors (Lipinski definition) is 6. The Labute approximate surface area is 400 Å². The lowest BCUT2D eigenvalue weighted by atomic mass is 10.1. The van der Waals surface area contributed by atoms with Crippen molar-refractivity contribution in [1.29, 1.82) is 0 Å².